The summed E-state index contributed by atoms with van der Waals surface area (Å²) in [5.74, 6) is 0.697. The third-order valence-electron chi connectivity index (χ3n) is 4.90. The number of benzene rings is 2. The van der Waals surface area contributed by atoms with Gasteiger partial charge < -0.3 is 14.2 Å². The summed E-state index contributed by atoms with van der Waals surface area (Å²) in [6.07, 6.45) is 1.33. The van der Waals surface area contributed by atoms with Gasteiger partial charge in [-0.05, 0) is 36.6 Å². The number of rotatable bonds is 10. The van der Waals surface area contributed by atoms with Gasteiger partial charge in [0, 0.05) is 27.4 Å². The smallest absolute Gasteiger partial charge is 0.310 e. The molecule has 1 aromatic heterocycles. The van der Waals surface area contributed by atoms with Gasteiger partial charge in [0.25, 0.3) is 5.56 Å². The van der Waals surface area contributed by atoms with Crippen molar-refractivity contribution in [3.63, 3.8) is 0 Å². The molecule has 9 heteroatoms. The van der Waals surface area contributed by atoms with Crippen molar-refractivity contribution >= 4 is 29.2 Å². The molecule has 0 saturated carbocycles. The van der Waals surface area contributed by atoms with Crippen LogP contribution in [-0.4, -0.2) is 36.6 Å². The highest BCUT2D eigenvalue weighted by molar-refractivity contribution is 6.35. The van der Waals surface area contributed by atoms with E-state index < -0.39 is 0 Å². The molecule has 3 rings (SSSR count). The van der Waals surface area contributed by atoms with Crippen LogP contribution in [0.15, 0.2) is 47.3 Å². The van der Waals surface area contributed by atoms with Crippen LogP contribution in [-0.2, 0) is 28.9 Å². The molecule has 2 aromatic carbocycles. The minimum Gasteiger partial charge on any atom is -0.493 e. The van der Waals surface area contributed by atoms with Crippen molar-refractivity contribution < 1.29 is 19.0 Å². The Kier molecular flexibility index (Phi) is 8.25. The lowest BCUT2D eigenvalue weighted by molar-refractivity contribution is -0.139. The minimum absolute atomic E-state index is 0.0856. The number of halogens is 2. The SMILES string of the molecule is COC(=O)Cc1cccc(OC)c1OCCCc1cc(=O)[nH]n1Cc1ccc(Cl)cc1Cl. The maximum Gasteiger partial charge on any atom is 0.310 e. The van der Waals surface area contributed by atoms with Crippen molar-refractivity contribution in [3.05, 3.63) is 79.7 Å². The third-order valence-corrected chi connectivity index (χ3v) is 5.49. The largest absolute Gasteiger partial charge is 0.493 e. The number of carbonyl (C=O) groups excluding carboxylic acids is 1. The zero-order valence-corrected chi connectivity index (χ0v) is 19.3. The number of nitrogens with one attached hydrogen (secondary N) is 1. The molecule has 7 nitrogen and oxygen atoms in total. The number of hydrogen-bond acceptors (Lipinski definition) is 5. The van der Waals surface area contributed by atoms with Gasteiger partial charge in [-0.15, -0.1) is 0 Å². The fourth-order valence-corrected chi connectivity index (χ4v) is 3.78. The molecule has 3 aromatic rings. The molecule has 0 spiro atoms. The van der Waals surface area contributed by atoms with Crippen molar-refractivity contribution in [2.75, 3.05) is 20.8 Å². The average Bonchev–Trinajstić information content (AvgIpc) is 3.12. The maximum absolute atomic E-state index is 11.9. The average molecular weight is 479 g/mol. The number of carbonyl (C=O) groups is 1. The molecule has 0 bridgehead atoms. The Bertz CT molecular complexity index is 1140. The Morgan fingerprint density at radius 3 is 2.62 bits per heavy atom. The molecule has 0 radical (unpaired) electrons. The van der Waals surface area contributed by atoms with Gasteiger partial charge in [0.2, 0.25) is 0 Å². The molecule has 0 aliphatic heterocycles. The van der Waals surface area contributed by atoms with Gasteiger partial charge in [0.05, 0.1) is 33.8 Å². The Balaban J connectivity index is 1.66. The highest BCUT2D eigenvalue weighted by Gasteiger charge is 2.15. The number of hydrogen-bond donors (Lipinski definition) is 1. The van der Waals surface area contributed by atoms with Gasteiger partial charge in [-0.1, -0.05) is 41.4 Å². The number of esters is 1. The van der Waals surface area contributed by atoms with Crippen molar-refractivity contribution in [2.45, 2.75) is 25.8 Å². The van der Waals surface area contributed by atoms with Crippen LogP contribution in [0.25, 0.3) is 0 Å². The zero-order chi connectivity index (χ0) is 23.1. The van der Waals surface area contributed by atoms with Crippen LogP contribution >= 0.6 is 23.2 Å². The van der Waals surface area contributed by atoms with Crippen molar-refractivity contribution in [2.24, 2.45) is 0 Å². The summed E-state index contributed by atoms with van der Waals surface area (Å²) in [7, 11) is 2.89. The monoisotopic (exact) mass is 478 g/mol. The molecule has 0 atom stereocenters. The quantitative estimate of drug-likeness (QED) is 0.347. The van der Waals surface area contributed by atoms with Crippen LogP contribution in [0.1, 0.15) is 23.2 Å². The van der Waals surface area contributed by atoms with E-state index in [0.29, 0.717) is 53.1 Å². The van der Waals surface area contributed by atoms with Crippen LogP contribution in [0.3, 0.4) is 0 Å². The first-order valence-corrected chi connectivity index (χ1v) is 10.7. The van der Waals surface area contributed by atoms with Crippen LogP contribution in [0.4, 0.5) is 0 Å². The fraction of sp³-hybridized carbons (Fsp3) is 0.304. The van der Waals surface area contributed by atoms with E-state index in [4.69, 9.17) is 37.4 Å². The van der Waals surface area contributed by atoms with Crippen LogP contribution in [0, 0.1) is 0 Å². The molecular formula is C23H24Cl2N2O5. The van der Waals surface area contributed by atoms with Crippen molar-refractivity contribution in [1.29, 1.82) is 0 Å². The van der Waals surface area contributed by atoms with Crippen molar-refractivity contribution in [1.82, 2.24) is 9.78 Å². The number of methoxy groups -OCH3 is 2. The fourth-order valence-electron chi connectivity index (χ4n) is 3.32. The van der Waals surface area contributed by atoms with Gasteiger partial charge in [0.1, 0.15) is 0 Å². The number of para-hydroxylation sites is 1. The molecule has 1 N–H and O–H groups in total. The summed E-state index contributed by atoms with van der Waals surface area (Å²) >= 11 is 12.2. The normalized spacial score (nSPS) is 10.8. The van der Waals surface area contributed by atoms with Crippen LogP contribution in [0.5, 0.6) is 11.5 Å². The molecule has 32 heavy (non-hydrogen) atoms. The number of aromatic nitrogens is 2. The Hall–Kier alpha value is -2.90. The number of nitrogens with zero attached hydrogens (tertiary/aromatic N) is 1. The van der Waals surface area contributed by atoms with E-state index in [2.05, 4.69) is 5.10 Å². The molecule has 0 saturated heterocycles. The lowest BCUT2D eigenvalue weighted by atomic mass is 10.1. The number of ether oxygens (including phenoxy) is 3. The summed E-state index contributed by atoms with van der Waals surface area (Å²) in [5.41, 5.74) is 2.18. The lowest BCUT2D eigenvalue weighted by Gasteiger charge is -2.15. The van der Waals surface area contributed by atoms with E-state index in [1.54, 1.807) is 48.2 Å². The first-order chi connectivity index (χ1) is 15.4. The molecule has 0 amide bonds. The topological polar surface area (TPSA) is 82.6 Å². The van der Waals surface area contributed by atoms with Gasteiger partial charge in [-0.25, -0.2) is 0 Å². The second-order valence-corrected chi connectivity index (χ2v) is 7.93. The number of H-pyrrole nitrogens is 1. The summed E-state index contributed by atoms with van der Waals surface area (Å²) in [4.78, 5) is 23.6. The summed E-state index contributed by atoms with van der Waals surface area (Å²) < 4.78 is 17.9. The predicted molar refractivity (Wildman–Crippen MR) is 123 cm³/mol. The molecule has 0 aliphatic carbocycles. The first-order valence-electron chi connectivity index (χ1n) is 9.99. The summed E-state index contributed by atoms with van der Waals surface area (Å²) in [6.45, 7) is 0.792. The zero-order valence-electron chi connectivity index (χ0n) is 17.8. The maximum atomic E-state index is 11.9. The second-order valence-electron chi connectivity index (χ2n) is 7.09. The van der Waals surface area contributed by atoms with E-state index in [0.717, 1.165) is 11.3 Å². The predicted octanol–water partition coefficient (Wildman–Crippen LogP) is 4.27. The molecule has 0 aliphatic rings. The molecule has 170 valence electrons. The van der Waals surface area contributed by atoms with E-state index >= 15 is 0 Å². The van der Waals surface area contributed by atoms with Gasteiger partial charge in [-0.2, -0.15) is 0 Å². The van der Waals surface area contributed by atoms with Gasteiger partial charge in [-0.3, -0.25) is 19.4 Å². The van der Waals surface area contributed by atoms with Crippen LogP contribution in [0.2, 0.25) is 10.0 Å². The van der Waals surface area contributed by atoms with Crippen LogP contribution < -0.4 is 15.0 Å². The Labute approximate surface area is 195 Å². The van der Waals surface area contributed by atoms with E-state index in [1.165, 1.54) is 7.11 Å². The molecule has 0 fully saturated rings. The van der Waals surface area contributed by atoms with Gasteiger partial charge in [0.15, 0.2) is 11.5 Å². The summed E-state index contributed by atoms with van der Waals surface area (Å²) in [6, 6.07) is 12.2. The number of aromatic amines is 1. The highest BCUT2D eigenvalue weighted by Crippen LogP contribution is 2.32. The Morgan fingerprint density at radius 2 is 1.91 bits per heavy atom. The molecule has 0 unspecified atom stereocenters. The second kappa shape index (κ2) is 11.1. The van der Waals surface area contributed by atoms with E-state index in [1.807, 2.05) is 6.07 Å². The Morgan fingerprint density at radius 1 is 1.09 bits per heavy atom. The number of aryl methyl sites for hydroxylation is 1. The first kappa shape index (κ1) is 23.8. The molecule has 1 heterocycles. The third kappa shape index (κ3) is 6.08. The van der Waals surface area contributed by atoms with Crippen molar-refractivity contribution in [3.8, 4) is 11.5 Å². The lowest BCUT2D eigenvalue weighted by Crippen LogP contribution is -2.11. The van der Waals surface area contributed by atoms with Gasteiger partial charge >= 0.3 is 5.97 Å². The van der Waals surface area contributed by atoms with E-state index in [-0.39, 0.29) is 17.9 Å². The molecular weight excluding hydrogens is 455 g/mol. The standard InChI is InChI=1S/C23H24Cl2N2O5/c1-30-20-7-3-5-15(11-22(29)31-2)23(20)32-10-4-6-18-13-21(28)26-27(18)14-16-8-9-17(24)12-19(16)25/h3,5,7-9,12-13H,4,6,10-11,14H2,1-2H3,(H,26,28). The van der Waals surface area contributed by atoms with E-state index in [9.17, 15) is 9.59 Å². The summed E-state index contributed by atoms with van der Waals surface area (Å²) in [5, 5.41) is 3.90. The highest BCUT2D eigenvalue weighted by atomic mass is 35.5. The minimum atomic E-state index is -0.361.